The van der Waals surface area contributed by atoms with Crippen LogP contribution in [-0.2, 0) is 4.79 Å². The molecule has 1 aromatic heterocycles. The lowest BCUT2D eigenvalue weighted by molar-refractivity contribution is -0.126. The summed E-state index contributed by atoms with van der Waals surface area (Å²) in [6, 6.07) is 25.7. The number of furan rings is 1. The molecule has 0 bridgehead atoms. The molecule has 1 aliphatic rings. The second kappa shape index (κ2) is 11.6. The van der Waals surface area contributed by atoms with E-state index in [2.05, 4.69) is 10.2 Å². The predicted octanol–water partition coefficient (Wildman–Crippen LogP) is 6.87. The quantitative estimate of drug-likeness (QED) is 0.268. The highest BCUT2D eigenvalue weighted by molar-refractivity contribution is 6.33. The van der Waals surface area contributed by atoms with Crippen molar-refractivity contribution in [2.45, 2.75) is 0 Å². The van der Waals surface area contributed by atoms with Gasteiger partial charge in [0.15, 0.2) is 5.76 Å². The molecule has 4 aromatic rings. The van der Waals surface area contributed by atoms with Gasteiger partial charge in [-0.15, -0.1) is 0 Å². The molecule has 1 saturated heterocycles. The van der Waals surface area contributed by atoms with Gasteiger partial charge < -0.3 is 19.5 Å². The van der Waals surface area contributed by atoms with Crippen molar-refractivity contribution in [3.63, 3.8) is 0 Å². The largest absolute Gasteiger partial charge is 0.451 e. The maximum Gasteiger partial charge on any atom is 0.291 e. The van der Waals surface area contributed by atoms with E-state index in [9.17, 15) is 9.59 Å². The summed E-state index contributed by atoms with van der Waals surface area (Å²) in [6.07, 6.45) is 3.45. The Hall–Kier alpha value is -4.00. The molecule has 38 heavy (non-hydrogen) atoms. The van der Waals surface area contributed by atoms with Crippen LogP contribution >= 0.6 is 23.2 Å². The number of benzene rings is 3. The van der Waals surface area contributed by atoms with Crippen molar-refractivity contribution in [2.24, 2.45) is 0 Å². The molecule has 0 aliphatic carbocycles. The standard InChI is InChI=1S/C30H25Cl2N3O3/c31-23-9-7-22(8-10-23)27-13-14-28(38-27)30(37)33-24-11-12-26(25(32)20-24)34-16-18-35(19-17-34)29(36)15-6-21-4-2-1-3-5-21/h1-15,20H,16-19H2,(H,33,37)/b15-6+. The van der Waals surface area contributed by atoms with E-state index in [1.807, 2.05) is 65.6 Å². The average molecular weight is 546 g/mol. The van der Waals surface area contributed by atoms with Crippen molar-refractivity contribution in [1.29, 1.82) is 0 Å². The highest BCUT2D eigenvalue weighted by Crippen LogP contribution is 2.30. The van der Waals surface area contributed by atoms with Crippen molar-refractivity contribution >= 4 is 52.5 Å². The predicted molar refractivity (Wildman–Crippen MR) is 153 cm³/mol. The lowest BCUT2D eigenvalue weighted by Crippen LogP contribution is -2.48. The van der Waals surface area contributed by atoms with Crippen molar-refractivity contribution in [3.8, 4) is 11.3 Å². The maximum absolute atomic E-state index is 12.7. The average Bonchev–Trinajstić information content (AvgIpc) is 3.44. The number of hydrogen-bond acceptors (Lipinski definition) is 4. The smallest absolute Gasteiger partial charge is 0.291 e. The molecule has 1 aliphatic heterocycles. The molecule has 0 atom stereocenters. The Morgan fingerprint density at radius 1 is 0.842 bits per heavy atom. The molecule has 6 nitrogen and oxygen atoms in total. The van der Waals surface area contributed by atoms with Gasteiger partial charge >= 0.3 is 0 Å². The van der Waals surface area contributed by atoms with Crippen LogP contribution in [0.2, 0.25) is 10.0 Å². The van der Waals surface area contributed by atoms with Crippen LogP contribution in [0.15, 0.2) is 95.4 Å². The summed E-state index contributed by atoms with van der Waals surface area (Å²) in [5.41, 5.74) is 3.25. The zero-order valence-corrected chi connectivity index (χ0v) is 22.0. The fourth-order valence-electron chi connectivity index (χ4n) is 4.27. The van der Waals surface area contributed by atoms with Gasteiger partial charge in [0.05, 0.1) is 10.7 Å². The van der Waals surface area contributed by atoms with E-state index in [0.29, 0.717) is 47.7 Å². The molecule has 0 unspecified atom stereocenters. The van der Waals surface area contributed by atoms with Gasteiger partial charge in [-0.2, -0.15) is 0 Å². The molecule has 0 spiro atoms. The summed E-state index contributed by atoms with van der Waals surface area (Å²) in [6.45, 7) is 2.52. The number of nitrogens with zero attached hydrogens (tertiary/aromatic N) is 2. The molecule has 8 heteroatoms. The van der Waals surface area contributed by atoms with Gasteiger partial charge in [0.2, 0.25) is 5.91 Å². The summed E-state index contributed by atoms with van der Waals surface area (Å²) >= 11 is 12.5. The van der Waals surface area contributed by atoms with Gasteiger partial charge in [0.25, 0.3) is 5.91 Å². The van der Waals surface area contributed by atoms with Gasteiger partial charge in [-0.1, -0.05) is 53.5 Å². The first-order valence-corrected chi connectivity index (χ1v) is 13.0. The zero-order chi connectivity index (χ0) is 26.5. The first kappa shape index (κ1) is 25.6. The number of carbonyl (C=O) groups excluding carboxylic acids is 2. The Labute approximate surface area is 231 Å². The number of amides is 2. The van der Waals surface area contributed by atoms with Crippen molar-refractivity contribution in [2.75, 3.05) is 36.4 Å². The minimum Gasteiger partial charge on any atom is -0.451 e. The zero-order valence-electron chi connectivity index (χ0n) is 20.4. The molecule has 192 valence electrons. The number of rotatable bonds is 6. The normalized spacial score (nSPS) is 13.6. The highest BCUT2D eigenvalue weighted by atomic mass is 35.5. The van der Waals surface area contributed by atoms with E-state index in [0.717, 1.165) is 16.8 Å². The molecule has 0 radical (unpaired) electrons. The Balaban J connectivity index is 1.17. The third-order valence-corrected chi connectivity index (χ3v) is 6.87. The van der Waals surface area contributed by atoms with Crippen molar-refractivity contribution in [3.05, 3.63) is 112 Å². The van der Waals surface area contributed by atoms with Crippen LogP contribution in [0.1, 0.15) is 16.1 Å². The van der Waals surface area contributed by atoms with Crippen LogP contribution in [0, 0.1) is 0 Å². The van der Waals surface area contributed by atoms with E-state index in [1.54, 1.807) is 36.4 Å². The number of anilines is 2. The third-order valence-electron chi connectivity index (χ3n) is 6.31. The molecule has 2 heterocycles. The second-order valence-electron chi connectivity index (χ2n) is 8.85. The number of hydrogen-bond donors (Lipinski definition) is 1. The van der Waals surface area contributed by atoms with Crippen LogP contribution < -0.4 is 10.2 Å². The van der Waals surface area contributed by atoms with Gasteiger partial charge in [0.1, 0.15) is 5.76 Å². The number of piperazine rings is 1. The van der Waals surface area contributed by atoms with Crippen LogP contribution in [0.4, 0.5) is 11.4 Å². The van der Waals surface area contributed by atoms with Crippen molar-refractivity contribution in [1.82, 2.24) is 4.90 Å². The summed E-state index contributed by atoms with van der Waals surface area (Å²) < 4.78 is 5.73. The summed E-state index contributed by atoms with van der Waals surface area (Å²) in [5.74, 6) is 0.394. The molecule has 1 fully saturated rings. The van der Waals surface area contributed by atoms with E-state index in [-0.39, 0.29) is 17.6 Å². The van der Waals surface area contributed by atoms with Crippen LogP contribution in [0.5, 0.6) is 0 Å². The van der Waals surface area contributed by atoms with E-state index in [1.165, 1.54) is 0 Å². The Bertz CT molecular complexity index is 1460. The summed E-state index contributed by atoms with van der Waals surface area (Å²) in [4.78, 5) is 29.3. The second-order valence-corrected chi connectivity index (χ2v) is 9.69. The third kappa shape index (κ3) is 6.10. The number of nitrogens with one attached hydrogen (secondary N) is 1. The fourth-order valence-corrected chi connectivity index (χ4v) is 4.69. The van der Waals surface area contributed by atoms with E-state index >= 15 is 0 Å². The van der Waals surface area contributed by atoms with E-state index < -0.39 is 0 Å². The SMILES string of the molecule is O=C(Nc1ccc(N2CCN(C(=O)/C=C/c3ccccc3)CC2)c(Cl)c1)c1ccc(-c2ccc(Cl)cc2)o1. The number of halogens is 2. The minimum atomic E-state index is -0.371. The Morgan fingerprint density at radius 3 is 2.29 bits per heavy atom. The van der Waals surface area contributed by atoms with E-state index in [4.69, 9.17) is 27.6 Å². The van der Waals surface area contributed by atoms with Gasteiger partial charge in [0, 0.05) is 48.5 Å². The van der Waals surface area contributed by atoms with Crippen LogP contribution in [0.25, 0.3) is 17.4 Å². The minimum absolute atomic E-state index is 0.00481. The Morgan fingerprint density at radius 2 is 1.58 bits per heavy atom. The van der Waals surface area contributed by atoms with Gasteiger partial charge in [-0.3, -0.25) is 9.59 Å². The molecule has 5 rings (SSSR count). The van der Waals surface area contributed by atoms with Crippen LogP contribution in [0.3, 0.4) is 0 Å². The summed E-state index contributed by atoms with van der Waals surface area (Å²) in [7, 11) is 0. The van der Waals surface area contributed by atoms with Gasteiger partial charge in [-0.05, 0) is 66.2 Å². The lowest BCUT2D eigenvalue weighted by atomic mass is 10.2. The molecule has 2 amide bonds. The maximum atomic E-state index is 12.7. The summed E-state index contributed by atoms with van der Waals surface area (Å²) in [5, 5.41) is 3.99. The molecule has 0 saturated carbocycles. The lowest BCUT2D eigenvalue weighted by Gasteiger charge is -2.36. The fraction of sp³-hybridized carbons (Fsp3) is 0.133. The Kier molecular flexibility index (Phi) is 7.82. The van der Waals surface area contributed by atoms with Crippen molar-refractivity contribution < 1.29 is 14.0 Å². The monoisotopic (exact) mass is 545 g/mol. The molecular weight excluding hydrogens is 521 g/mol. The van der Waals surface area contributed by atoms with Gasteiger partial charge in [-0.25, -0.2) is 0 Å². The topological polar surface area (TPSA) is 65.8 Å². The first-order valence-electron chi connectivity index (χ1n) is 12.2. The molecular formula is C30H25Cl2N3O3. The molecule has 1 N–H and O–H groups in total. The first-order chi connectivity index (χ1) is 18.5. The number of carbonyl (C=O) groups is 2. The van der Waals surface area contributed by atoms with Crippen LogP contribution in [-0.4, -0.2) is 42.9 Å². The highest BCUT2D eigenvalue weighted by Gasteiger charge is 2.22. The molecule has 3 aromatic carbocycles.